The van der Waals surface area contributed by atoms with Crippen LogP contribution in [0.3, 0.4) is 0 Å². The van der Waals surface area contributed by atoms with Gasteiger partial charge in [0.25, 0.3) is 5.56 Å². The topological polar surface area (TPSA) is 94.4 Å². The minimum absolute atomic E-state index is 0.00420. The molecule has 0 unspecified atom stereocenters. The summed E-state index contributed by atoms with van der Waals surface area (Å²) in [4.78, 5) is 31.4. The molecule has 0 amide bonds. The molecule has 1 fully saturated rings. The minimum Gasteiger partial charge on any atom is -0.369 e. The van der Waals surface area contributed by atoms with E-state index in [1.807, 2.05) is 4.90 Å². The zero-order valence-corrected chi connectivity index (χ0v) is 21.3. The SMILES string of the molecule is CN(C)C1CCN(c2ccc(Nc3ncc(F)c(-c4cc(F)c5c(=O)[nH]c6cncn6c5c4)n3)cc2F)CC1. The summed E-state index contributed by atoms with van der Waals surface area (Å²) < 4.78 is 46.4. The van der Waals surface area contributed by atoms with Gasteiger partial charge in [-0.3, -0.25) is 9.20 Å². The van der Waals surface area contributed by atoms with Gasteiger partial charge in [-0.1, -0.05) is 0 Å². The number of imidazole rings is 1. The molecule has 1 aliphatic heterocycles. The summed E-state index contributed by atoms with van der Waals surface area (Å²) in [6, 6.07) is 7.75. The van der Waals surface area contributed by atoms with Gasteiger partial charge >= 0.3 is 0 Å². The zero-order chi connectivity index (χ0) is 27.3. The normalized spacial score (nSPS) is 14.6. The number of aromatic nitrogens is 5. The molecule has 9 nitrogen and oxygen atoms in total. The first-order chi connectivity index (χ1) is 18.8. The molecule has 2 aromatic carbocycles. The number of halogens is 3. The van der Waals surface area contributed by atoms with Gasteiger partial charge in [-0.2, -0.15) is 0 Å². The number of anilines is 3. The van der Waals surface area contributed by atoms with E-state index in [1.165, 1.54) is 29.1 Å². The van der Waals surface area contributed by atoms with Crippen LogP contribution in [0.2, 0.25) is 0 Å². The van der Waals surface area contributed by atoms with Crippen molar-refractivity contribution in [3.8, 4) is 11.3 Å². The second-order valence-electron chi connectivity index (χ2n) is 9.82. The number of nitrogens with one attached hydrogen (secondary N) is 2. The highest BCUT2D eigenvalue weighted by molar-refractivity contribution is 5.86. The molecule has 0 spiro atoms. The number of aromatic amines is 1. The van der Waals surface area contributed by atoms with Gasteiger partial charge in [0.15, 0.2) is 5.82 Å². The van der Waals surface area contributed by atoms with Crippen molar-refractivity contribution in [3.63, 3.8) is 0 Å². The minimum atomic E-state index is -0.834. The van der Waals surface area contributed by atoms with E-state index in [0.717, 1.165) is 38.2 Å². The van der Waals surface area contributed by atoms with E-state index in [-0.39, 0.29) is 28.1 Å². The summed E-state index contributed by atoms with van der Waals surface area (Å²) in [5, 5.41) is 2.72. The second-order valence-corrected chi connectivity index (χ2v) is 9.82. The molecule has 1 saturated heterocycles. The first-order valence-electron chi connectivity index (χ1n) is 12.5. The summed E-state index contributed by atoms with van der Waals surface area (Å²) in [5.74, 6) is -2.01. The third-order valence-corrected chi connectivity index (χ3v) is 7.19. The predicted molar refractivity (Wildman–Crippen MR) is 143 cm³/mol. The fourth-order valence-corrected chi connectivity index (χ4v) is 5.13. The Morgan fingerprint density at radius 1 is 1.03 bits per heavy atom. The molecule has 12 heteroatoms. The highest BCUT2D eigenvalue weighted by Gasteiger charge is 2.23. The number of piperidine rings is 1. The largest absolute Gasteiger partial charge is 0.369 e. The number of nitrogens with zero attached hydrogens (tertiary/aromatic N) is 6. The number of fused-ring (bicyclic) bond motifs is 3. The Bertz CT molecular complexity index is 1760. The molecule has 0 aliphatic carbocycles. The number of benzene rings is 2. The molecule has 5 aromatic rings. The second kappa shape index (κ2) is 9.70. The van der Waals surface area contributed by atoms with Crippen molar-refractivity contribution in [2.24, 2.45) is 0 Å². The van der Waals surface area contributed by atoms with Crippen LogP contribution in [-0.4, -0.2) is 62.5 Å². The van der Waals surface area contributed by atoms with Crippen molar-refractivity contribution in [2.75, 3.05) is 37.4 Å². The lowest BCUT2D eigenvalue weighted by Gasteiger charge is -2.36. The van der Waals surface area contributed by atoms with E-state index in [1.54, 1.807) is 12.1 Å². The van der Waals surface area contributed by atoms with Crippen LogP contribution < -0.4 is 15.8 Å². The number of rotatable bonds is 5. The third kappa shape index (κ3) is 4.56. The quantitative estimate of drug-likeness (QED) is 0.347. The van der Waals surface area contributed by atoms with Crippen LogP contribution in [0, 0.1) is 17.5 Å². The van der Waals surface area contributed by atoms with E-state index in [2.05, 4.69) is 44.2 Å². The van der Waals surface area contributed by atoms with Crippen LogP contribution in [0.25, 0.3) is 27.8 Å². The molecule has 1 aliphatic rings. The van der Waals surface area contributed by atoms with Gasteiger partial charge in [0.05, 0.1) is 29.0 Å². The Morgan fingerprint density at radius 2 is 1.82 bits per heavy atom. The maximum absolute atomic E-state index is 15.1. The monoisotopic (exact) mass is 534 g/mol. The Morgan fingerprint density at radius 3 is 2.56 bits per heavy atom. The molecule has 0 bridgehead atoms. The van der Waals surface area contributed by atoms with Gasteiger partial charge < -0.3 is 20.1 Å². The molecular formula is C27H25F3N8O. The van der Waals surface area contributed by atoms with Crippen LogP contribution in [0.4, 0.5) is 30.5 Å². The Kier molecular flexibility index (Phi) is 6.18. The average Bonchev–Trinajstić information content (AvgIpc) is 3.38. The predicted octanol–water partition coefficient (Wildman–Crippen LogP) is 4.32. The molecule has 0 atom stereocenters. The number of H-pyrrole nitrogens is 1. The van der Waals surface area contributed by atoms with Crippen molar-refractivity contribution < 1.29 is 13.2 Å². The molecule has 0 saturated carbocycles. The lowest BCUT2D eigenvalue weighted by atomic mass is 10.0. The molecule has 2 N–H and O–H groups in total. The van der Waals surface area contributed by atoms with Gasteiger partial charge in [0.2, 0.25) is 5.95 Å². The molecule has 0 radical (unpaired) electrons. The molecule has 6 rings (SSSR count). The van der Waals surface area contributed by atoms with Crippen LogP contribution >= 0.6 is 0 Å². The van der Waals surface area contributed by atoms with E-state index >= 15 is 8.78 Å². The van der Waals surface area contributed by atoms with Gasteiger partial charge in [0.1, 0.15) is 29.3 Å². The van der Waals surface area contributed by atoms with Crippen molar-refractivity contribution in [1.29, 1.82) is 0 Å². The Balaban J connectivity index is 1.29. The van der Waals surface area contributed by atoms with Crippen LogP contribution in [-0.2, 0) is 0 Å². The smallest absolute Gasteiger partial charge is 0.261 e. The highest BCUT2D eigenvalue weighted by Crippen LogP contribution is 2.30. The summed E-state index contributed by atoms with van der Waals surface area (Å²) in [6.45, 7) is 1.52. The Labute approximate surface area is 221 Å². The summed E-state index contributed by atoms with van der Waals surface area (Å²) >= 11 is 0. The maximum Gasteiger partial charge on any atom is 0.261 e. The lowest BCUT2D eigenvalue weighted by Crippen LogP contribution is -2.42. The number of hydrogen-bond donors (Lipinski definition) is 2. The van der Waals surface area contributed by atoms with Crippen LogP contribution in [0.5, 0.6) is 0 Å². The van der Waals surface area contributed by atoms with Gasteiger partial charge in [-0.05, 0) is 57.3 Å². The van der Waals surface area contributed by atoms with Crippen molar-refractivity contribution in [1.82, 2.24) is 29.2 Å². The van der Waals surface area contributed by atoms with E-state index < -0.39 is 23.0 Å². The fourth-order valence-electron chi connectivity index (χ4n) is 5.13. The van der Waals surface area contributed by atoms with Crippen molar-refractivity contribution in [2.45, 2.75) is 18.9 Å². The maximum atomic E-state index is 15.1. The summed E-state index contributed by atoms with van der Waals surface area (Å²) in [7, 11) is 4.11. The summed E-state index contributed by atoms with van der Waals surface area (Å²) in [5.41, 5.74) is 0.774. The Hall–Kier alpha value is -4.45. The average molecular weight is 535 g/mol. The summed E-state index contributed by atoms with van der Waals surface area (Å²) in [6.07, 6.45) is 5.71. The van der Waals surface area contributed by atoms with Crippen LogP contribution in [0.15, 0.2) is 53.8 Å². The van der Waals surface area contributed by atoms with Gasteiger partial charge in [-0.25, -0.2) is 28.1 Å². The van der Waals surface area contributed by atoms with E-state index in [4.69, 9.17) is 0 Å². The van der Waals surface area contributed by atoms with Gasteiger partial charge in [0, 0.05) is 30.4 Å². The third-order valence-electron chi connectivity index (χ3n) is 7.19. The number of hydrogen-bond acceptors (Lipinski definition) is 7. The van der Waals surface area contributed by atoms with Gasteiger partial charge in [-0.15, -0.1) is 0 Å². The van der Waals surface area contributed by atoms with Crippen LogP contribution in [0.1, 0.15) is 12.8 Å². The first-order valence-corrected chi connectivity index (χ1v) is 12.5. The molecular weight excluding hydrogens is 509 g/mol. The molecule has 39 heavy (non-hydrogen) atoms. The van der Waals surface area contributed by atoms with Crippen molar-refractivity contribution >= 4 is 33.9 Å². The zero-order valence-electron chi connectivity index (χ0n) is 21.3. The molecule has 3 aromatic heterocycles. The fraction of sp³-hybridized carbons (Fsp3) is 0.259. The van der Waals surface area contributed by atoms with E-state index in [9.17, 15) is 9.18 Å². The standard InChI is InChI=1S/C27H25F3N8O/c1-36(2)17-5-7-37(8-6-17)21-4-3-16(11-18(21)28)33-27-32-12-20(30)25(35-27)15-9-19(29)24-22(10-15)38-14-31-13-23(38)34-26(24)39/h3-4,9-14,17H,5-8H2,1-2H3,(H,34,39)(H,32,33,35). The van der Waals surface area contributed by atoms with E-state index in [0.29, 0.717) is 23.1 Å². The highest BCUT2D eigenvalue weighted by atomic mass is 19.1. The first kappa shape index (κ1) is 24.9. The van der Waals surface area contributed by atoms with Crippen molar-refractivity contribution in [3.05, 3.63) is 76.9 Å². The molecule has 4 heterocycles. The lowest BCUT2D eigenvalue weighted by molar-refractivity contribution is 0.249. The molecule has 200 valence electrons.